The van der Waals surface area contributed by atoms with Gasteiger partial charge in [0.05, 0.1) is 5.02 Å². The van der Waals surface area contributed by atoms with E-state index in [-0.39, 0.29) is 18.3 Å². The number of nitrogens with two attached hydrogens (primary N) is 1. The van der Waals surface area contributed by atoms with Crippen LogP contribution in [0.1, 0.15) is 17.2 Å². The molecule has 1 heterocycles. The van der Waals surface area contributed by atoms with E-state index in [0.717, 1.165) is 0 Å². The lowest BCUT2D eigenvalue weighted by molar-refractivity contribution is -0.116. The van der Waals surface area contributed by atoms with Gasteiger partial charge in [-0.1, -0.05) is 29.8 Å². The van der Waals surface area contributed by atoms with E-state index in [1.165, 1.54) is 6.07 Å². The number of carbonyl (C=O) groups is 1. The molecular weight excluding hydrogens is 295 g/mol. The molecule has 0 radical (unpaired) electrons. The largest absolute Gasteiger partial charge is 0.487 e. The van der Waals surface area contributed by atoms with E-state index in [9.17, 15) is 9.18 Å². The number of ether oxygens (including phenoxy) is 1. The molecule has 0 bridgehead atoms. The van der Waals surface area contributed by atoms with Crippen molar-refractivity contribution >= 4 is 23.2 Å². The summed E-state index contributed by atoms with van der Waals surface area (Å²) in [5.74, 6) is -0.259. The molecule has 1 aliphatic heterocycles. The molecule has 0 saturated heterocycles. The topological polar surface area (TPSA) is 64.4 Å². The lowest BCUT2D eigenvalue weighted by atomic mass is 10.1. The van der Waals surface area contributed by atoms with Crippen molar-refractivity contribution in [2.75, 3.05) is 5.32 Å². The van der Waals surface area contributed by atoms with Gasteiger partial charge >= 0.3 is 0 Å². The van der Waals surface area contributed by atoms with E-state index in [1.807, 2.05) is 0 Å². The Balaban J connectivity index is 1.83. The second-order valence-corrected chi connectivity index (χ2v) is 5.12. The molecule has 6 heteroatoms. The number of rotatable bonds is 3. The Morgan fingerprint density at radius 1 is 1.33 bits per heavy atom. The van der Waals surface area contributed by atoms with E-state index in [1.54, 1.807) is 30.3 Å². The zero-order valence-electron chi connectivity index (χ0n) is 10.9. The SMILES string of the molecule is NC1C(=O)Nc2cc(OCc3ccccc3F)c(Cl)cc21. The normalized spacial score (nSPS) is 16.5. The number of halogens is 2. The molecule has 21 heavy (non-hydrogen) atoms. The maximum atomic E-state index is 13.5. The van der Waals surface area contributed by atoms with Gasteiger partial charge in [-0.2, -0.15) is 0 Å². The van der Waals surface area contributed by atoms with Crippen LogP contribution in [0.4, 0.5) is 10.1 Å². The Morgan fingerprint density at radius 2 is 2.10 bits per heavy atom. The smallest absolute Gasteiger partial charge is 0.245 e. The van der Waals surface area contributed by atoms with Crippen LogP contribution in [-0.4, -0.2) is 5.91 Å². The van der Waals surface area contributed by atoms with Crippen LogP contribution in [0.15, 0.2) is 36.4 Å². The molecule has 3 N–H and O–H groups in total. The van der Waals surface area contributed by atoms with E-state index in [4.69, 9.17) is 22.1 Å². The number of hydrogen-bond donors (Lipinski definition) is 2. The van der Waals surface area contributed by atoms with Gasteiger partial charge in [0.2, 0.25) is 5.91 Å². The van der Waals surface area contributed by atoms with Crippen LogP contribution in [-0.2, 0) is 11.4 Å². The number of fused-ring (bicyclic) bond motifs is 1. The average Bonchev–Trinajstić information content (AvgIpc) is 2.73. The summed E-state index contributed by atoms with van der Waals surface area (Å²) in [7, 11) is 0. The number of carbonyl (C=O) groups excluding carboxylic acids is 1. The Morgan fingerprint density at radius 3 is 2.86 bits per heavy atom. The molecule has 3 rings (SSSR count). The van der Waals surface area contributed by atoms with Gasteiger partial charge in [-0.05, 0) is 12.1 Å². The highest BCUT2D eigenvalue weighted by atomic mass is 35.5. The van der Waals surface area contributed by atoms with Crippen molar-refractivity contribution < 1.29 is 13.9 Å². The van der Waals surface area contributed by atoms with Crippen molar-refractivity contribution in [1.29, 1.82) is 0 Å². The Bertz CT molecular complexity index is 721. The van der Waals surface area contributed by atoms with Gasteiger partial charge in [0.15, 0.2) is 0 Å². The fraction of sp³-hybridized carbons (Fsp3) is 0.133. The lowest BCUT2D eigenvalue weighted by Crippen LogP contribution is -2.19. The predicted molar refractivity (Wildman–Crippen MR) is 77.7 cm³/mol. The molecule has 1 aliphatic rings. The van der Waals surface area contributed by atoms with Gasteiger partial charge < -0.3 is 15.8 Å². The van der Waals surface area contributed by atoms with Crippen molar-refractivity contribution in [3.8, 4) is 5.75 Å². The van der Waals surface area contributed by atoms with Crippen LogP contribution in [0.25, 0.3) is 0 Å². The van der Waals surface area contributed by atoms with Gasteiger partial charge in [-0.3, -0.25) is 4.79 Å². The average molecular weight is 307 g/mol. The number of benzene rings is 2. The second kappa shape index (κ2) is 5.35. The first kappa shape index (κ1) is 13.9. The molecule has 0 aromatic heterocycles. The summed E-state index contributed by atoms with van der Waals surface area (Å²) in [5, 5.41) is 2.98. The van der Waals surface area contributed by atoms with Crippen molar-refractivity contribution in [2.45, 2.75) is 12.6 Å². The monoisotopic (exact) mass is 306 g/mol. The summed E-state index contributed by atoms with van der Waals surface area (Å²) >= 11 is 6.11. The van der Waals surface area contributed by atoms with Gasteiger partial charge in [-0.15, -0.1) is 0 Å². The molecular formula is C15H12ClFN2O2. The zero-order valence-corrected chi connectivity index (χ0v) is 11.7. The highest BCUT2D eigenvalue weighted by molar-refractivity contribution is 6.32. The summed E-state index contributed by atoms with van der Waals surface area (Å²) in [4.78, 5) is 11.5. The molecule has 1 amide bonds. The van der Waals surface area contributed by atoms with Crippen LogP contribution >= 0.6 is 11.6 Å². The number of nitrogens with one attached hydrogen (secondary N) is 1. The third-order valence-electron chi connectivity index (χ3n) is 3.32. The van der Waals surface area contributed by atoms with Gasteiger partial charge in [0.25, 0.3) is 0 Å². The third kappa shape index (κ3) is 2.57. The fourth-order valence-corrected chi connectivity index (χ4v) is 2.39. The number of amides is 1. The quantitative estimate of drug-likeness (QED) is 0.916. The van der Waals surface area contributed by atoms with Gasteiger partial charge in [0.1, 0.15) is 24.2 Å². The Hall–Kier alpha value is -2.11. The summed E-state index contributed by atoms with van der Waals surface area (Å²) in [5.41, 5.74) is 7.36. The fourth-order valence-electron chi connectivity index (χ4n) is 2.17. The minimum absolute atomic E-state index is 0.0468. The standard InChI is InChI=1S/C15H12ClFN2O2/c16-10-5-9-12(19-15(20)14(9)18)6-13(10)21-7-8-3-1-2-4-11(8)17/h1-6,14H,7,18H2,(H,19,20). The summed E-state index contributed by atoms with van der Waals surface area (Å²) in [6.07, 6.45) is 0. The Labute approximate surface area is 125 Å². The van der Waals surface area contributed by atoms with E-state index in [0.29, 0.717) is 27.6 Å². The van der Waals surface area contributed by atoms with E-state index >= 15 is 0 Å². The van der Waals surface area contributed by atoms with Crippen LogP contribution in [0.3, 0.4) is 0 Å². The maximum Gasteiger partial charge on any atom is 0.245 e. The molecule has 0 aliphatic carbocycles. The Kier molecular flexibility index (Phi) is 3.53. The minimum atomic E-state index is -0.724. The molecule has 1 unspecified atom stereocenters. The van der Waals surface area contributed by atoms with Crippen LogP contribution in [0.2, 0.25) is 5.02 Å². The maximum absolute atomic E-state index is 13.5. The molecule has 0 fully saturated rings. The first-order valence-electron chi connectivity index (χ1n) is 6.32. The van der Waals surface area contributed by atoms with E-state index < -0.39 is 6.04 Å². The van der Waals surface area contributed by atoms with Crippen molar-refractivity contribution in [1.82, 2.24) is 0 Å². The first-order valence-corrected chi connectivity index (χ1v) is 6.70. The molecule has 0 spiro atoms. The van der Waals surface area contributed by atoms with E-state index in [2.05, 4.69) is 5.32 Å². The zero-order chi connectivity index (χ0) is 15.0. The highest BCUT2D eigenvalue weighted by Crippen LogP contribution is 2.37. The summed E-state index contributed by atoms with van der Waals surface area (Å²) in [6.45, 7) is 0.0468. The summed E-state index contributed by atoms with van der Waals surface area (Å²) < 4.78 is 19.1. The molecule has 4 nitrogen and oxygen atoms in total. The molecule has 2 aromatic rings. The van der Waals surface area contributed by atoms with Gasteiger partial charge in [0, 0.05) is 22.9 Å². The van der Waals surface area contributed by atoms with Crippen molar-refractivity contribution in [3.63, 3.8) is 0 Å². The van der Waals surface area contributed by atoms with Crippen LogP contribution in [0, 0.1) is 5.82 Å². The number of hydrogen-bond acceptors (Lipinski definition) is 3. The lowest BCUT2D eigenvalue weighted by Gasteiger charge is -2.11. The molecule has 1 atom stereocenters. The van der Waals surface area contributed by atoms with Crippen LogP contribution in [0.5, 0.6) is 5.75 Å². The first-order chi connectivity index (χ1) is 10.1. The van der Waals surface area contributed by atoms with Gasteiger partial charge in [-0.25, -0.2) is 4.39 Å². The predicted octanol–water partition coefficient (Wildman–Crippen LogP) is 3.01. The number of anilines is 1. The molecule has 2 aromatic carbocycles. The highest BCUT2D eigenvalue weighted by Gasteiger charge is 2.28. The molecule has 0 saturated carbocycles. The second-order valence-electron chi connectivity index (χ2n) is 4.72. The third-order valence-corrected chi connectivity index (χ3v) is 3.62. The van der Waals surface area contributed by atoms with Crippen molar-refractivity contribution in [3.05, 3.63) is 58.4 Å². The van der Waals surface area contributed by atoms with Crippen LogP contribution < -0.4 is 15.8 Å². The summed E-state index contributed by atoms with van der Waals surface area (Å²) in [6, 6.07) is 8.80. The minimum Gasteiger partial charge on any atom is -0.487 e. The van der Waals surface area contributed by atoms with Crippen molar-refractivity contribution in [2.24, 2.45) is 5.73 Å². The molecule has 108 valence electrons.